The summed E-state index contributed by atoms with van der Waals surface area (Å²) in [6.07, 6.45) is 6.41. The van der Waals surface area contributed by atoms with Crippen LogP contribution in [0.25, 0.3) is 0 Å². The number of nitrogens with zero attached hydrogens (tertiary/aromatic N) is 1. The highest BCUT2D eigenvalue weighted by atomic mass is 16.5. The molecule has 1 aliphatic heterocycles. The fourth-order valence-corrected chi connectivity index (χ4v) is 2.28. The average Bonchev–Trinajstić information content (AvgIpc) is 2.34. The molecular formula is C13H25NO2. The number of ether oxygens (including phenoxy) is 1. The van der Waals surface area contributed by atoms with Crippen LogP contribution >= 0.6 is 0 Å². The van der Waals surface area contributed by atoms with Crippen molar-refractivity contribution in [3.63, 3.8) is 0 Å². The third kappa shape index (κ3) is 4.52. The highest BCUT2D eigenvalue weighted by Gasteiger charge is 2.21. The first-order chi connectivity index (χ1) is 7.77. The van der Waals surface area contributed by atoms with Gasteiger partial charge in [-0.1, -0.05) is 20.3 Å². The number of carbonyl (C=O) groups excluding carboxylic acids is 1. The Morgan fingerprint density at radius 1 is 1.25 bits per heavy atom. The van der Waals surface area contributed by atoms with Crippen LogP contribution in [-0.4, -0.2) is 36.6 Å². The van der Waals surface area contributed by atoms with Crippen molar-refractivity contribution >= 4 is 5.97 Å². The number of rotatable bonds is 6. The lowest BCUT2D eigenvalue weighted by atomic mass is 10.0. The van der Waals surface area contributed by atoms with E-state index in [0.717, 1.165) is 25.9 Å². The predicted octanol–water partition coefficient (Wildman–Crippen LogP) is 2.59. The van der Waals surface area contributed by atoms with Crippen LogP contribution in [0.1, 0.15) is 52.4 Å². The Hall–Kier alpha value is -0.570. The summed E-state index contributed by atoms with van der Waals surface area (Å²) in [4.78, 5) is 14.0. The van der Waals surface area contributed by atoms with Gasteiger partial charge in [-0.15, -0.1) is 0 Å². The molecule has 1 fully saturated rings. The number of carbonyl (C=O) groups is 1. The van der Waals surface area contributed by atoms with E-state index in [1.807, 2.05) is 6.92 Å². The maximum Gasteiger partial charge on any atom is 0.307 e. The van der Waals surface area contributed by atoms with Crippen molar-refractivity contribution in [2.75, 3.05) is 19.7 Å². The Kier molecular flexibility index (Phi) is 6.46. The van der Waals surface area contributed by atoms with E-state index in [-0.39, 0.29) is 5.97 Å². The Bertz CT molecular complexity index is 200. The molecule has 0 aromatic rings. The van der Waals surface area contributed by atoms with E-state index in [0.29, 0.717) is 19.1 Å². The number of likely N-dealkylation sites (tertiary alicyclic amines) is 1. The lowest BCUT2D eigenvalue weighted by molar-refractivity contribution is -0.145. The van der Waals surface area contributed by atoms with Gasteiger partial charge in [-0.25, -0.2) is 0 Å². The van der Waals surface area contributed by atoms with Crippen molar-refractivity contribution < 1.29 is 9.53 Å². The molecule has 0 aromatic carbocycles. The predicted molar refractivity (Wildman–Crippen MR) is 65.4 cm³/mol. The molecule has 0 radical (unpaired) electrons. The lowest BCUT2D eigenvalue weighted by Crippen LogP contribution is -2.40. The normalized spacial score (nSPS) is 19.4. The van der Waals surface area contributed by atoms with Gasteiger partial charge < -0.3 is 4.74 Å². The SMILES string of the molecule is CCCOC(=O)CC(CC)N1CCCCC1. The zero-order valence-corrected chi connectivity index (χ0v) is 10.7. The second-order valence-corrected chi connectivity index (χ2v) is 4.58. The largest absolute Gasteiger partial charge is 0.466 e. The number of hydrogen-bond donors (Lipinski definition) is 0. The first kappa shape index (κ1) is 13.5. The van der Waals surface area contributed by atoms with Gasteiger partial charge in [0.2, 0.25) is 0 Å². The molecule has 3 nitrogen and oxygen atoms in total. The minimum absolute atomic E-state index is 0.0285. The second kappa shape index (κ2) is 7.66. The smallest absolute Gasteiger partial charge is 0.307 e. The fraction of sp³-hybridized carbons (Fsp3) is 0.923. The van der Waals surface area contributed by atoms with Crippen molar-refractivity contribution in [3.8, 4) is 0 Å². The molecule has 1 saturated heterocycles. The van der Waals surface area contributed by atoms with Crippen LogP contribution in [0, 0.1) is 0 Å². The van der Waals surface area contributed by atoms with Crippen molar-refractivity contribution in [1.29, 1.82) is 0 Å². The summed E-state index contributed by atoms with van der Waals surface area (Å²) < 4.78 is 5.15. The molecule has 0 N–H and O–H groups in total. The van der Waals surface area contributed by atoms with Crippen LogP contribution in [0.15, 0.2) is 0 Å². The van der Waals surface area contributed by atoms with Crippen LogP contribution in [0.4, 0.5) is 0 Å². The standard InChI is InChI=1S/C13H25NO2/c1-3-10-16-13(15)11-12(4-2)14-8-6-5-7-9-14/h12H,3-11H2,1-2H3. The summed E-state index contributed by atoms with van der Waals surface area (Å²) in [5.41, 5.74) is 0. The molecule has 0 amide bonds. The molecule has 0 spiro atoms. The first-order valence-corrected chi connectivity index (χ1v) is 6.67. The number of esters is 1. The van der Waals surface area contributed by atoms with Crippen molar-refractivity contribution in [1.82, 2.24) is 4.90 Å². The third-order valence-corrected chi connectivity index (χ3v) is 3.25. The zero-order valence-electron chi connectivity index (χ0n) is 10.7. The van der Waals surface area contributed by atoms with Crippen LogP contribution < -0.4 is 0 Å². The van der Waals surface area contributed by atoms with Gasteiger partial charge in [0.15, 0.2) is 0 Å². The zero-order chi connectivity index (χ0) is 11.8. The Balaban J connectivity index is 2.32. The average molecular weight is 227 g/mol. The summed E-state index contributed by atoms with van der Waals surface area (Å²) in [6.45, 7) is 7.05. The monoisotopic (exact) mass is 227 g/mol. The van der Waals surface area contributed by atoms with E-state index in [1.54, 1.807) is 0 Å². The minimum Gasteiger partial charge on any atom is -0.466 e. The quantitative estimate of drug-likeness (QED) is 0.653. The Morgan fingerprint density at radius 2 is 1.94 bits per heavy atom. The van der Waals surface area contributed by atoms with Gasteiger partial charge in [0, 0.05) is 6.04 Å². The maximum atomic E-state index is 11.6. The highest BCUT2D eigenvalue weighted by Crippen LogP contribution is 2.16. The van der Waals surface area contributed by atoms with E-state index < -0.39 is 0 Å². The Labute approximate surface area is 99.1 Å². The first-order valence-electron chi connectivity index (χ1n) is 6.67. The van der Waals surface area contributed by atoms with Crippen LogP contribution in [-0.2, 0) is 9.53 Å². The molecule has 0 saturated carbocycles. The summed E-state index contributed by atoms with van der Waals surface area (Å²) >= 11 is 0. The van der Waals surface area contributed by atoms with Gasteiger partial charge in [-0.2, -0.15) is 0 Å². The van der Waals surface area contributed by atoms with Gasteiger partial charge in [0.1, 0.15) is 0 Å². The van der Waals surface area contributed by atoms with Gasteiger partial charge in [-0.3, -0.25) is 9.69 Å². The summed E-state index contributed by atoms with van der Waals surface area (Å²) in [7, 11) is 0. The van der Waals surface area contributed by atoms with Crippen LogP contribution in [0.5, 0.6) is 0 Å². The molecule has 0 aromatic heterocycles. The summed E-state index contributed by atoms with van der Waals surface area (Å²) in [6, 6.07) is 0.393. The van der Waals surface area contributed by atoms with E-state index >= 15 is 0 Å². The maximum absolute atomic E-state index is 11.6. The van der Waals surface area contributed by atoms with Crippen LogP contribution in [0.2, 0.25) is 0 Å². The molecule has 94 valence electrons. The molecular weight excluding hydrogens is 202 g/mol. The van der Waals surface area contributed by atoms with Gasteiger partial charge in [0.05, 0.1) is 13.0 Å². The molecule has 1 atom stereocenters. The van der Waals surface area contributed by atoms with E-state index in [2.05, 4.69) is 11.8 Å². The molecule has 1 unspecified atom stereocenters. The topological polar surface area (TPSA) is 29.5 Å². The minimum atomic E-state index is -0.0285. The van der Waals surface area contributed by atoms with E-state index in [4.69, 9.17) is 4.74 Å². The molecule has 3 heteroatoms. The molecule has 16 heavy (non-hydrogen) atoms. The number of piperidine rings is 1. The summed E-state index contributed by atoms with van der Waals surface area (Å²) in [5.74, 6) is -0.0285. The molecule has 1 aliphatic rings. The van der Waals surface area contributed by atoms with Gasteiger partial charge in [0.25, 0.3) is 0 Å². The molecule has 0 bridgehead atoms. The second-order valence-electron chi connectivity index (χ2n) is 4.58. The third-order valence-electron chi connectivity index (χ3n) is 3.25. The number of hydrogen-bond acceptors (Lipinski definition) is 3. The van der Waals surface area contributed by atoms with Crippen LogP contribution in [0.3, 0.4) is 0 Å². The Morgan fingerprint density at radius 3 is 2.50 bits per heavy atom. The van der Waals surface area contributed by atoms with Crippen molar-refractivity contribution in [2.24, 2.45) is 0 Å². The lowest BCUT2D eigenvalue weighted by Gasteiger charge is -2.33. The molecule has 1 rings (SSSR count). The highest BCUT2D eigenvalue weighted by molar-refractivity contribution is 5.70. The van der Waals surface area contributed by atoms with Crippen molar-refractivity contribution in [3.05, 3.63) is 0 Å². The summed E-state index contributed by atoms with van der Waals surface area (Å²) in [5, 5.41) is 0. The molecule has 1 heterocycles. The van der Waals surface area contributed by atoms with Gasteiger partial charge in [-0.05, 0) is 38.8 Å². The fourth-order valence-electron chi connectivity index (χ4n) is 2.28. The van der Waals surface area contributed by atoms with E-state index in [9.17, 15) is 4.79 Å². The van der Waals surface area contributed by atoms with Gasteiger partial charge >= 0.3 is 5.97 Å². The molecule has 0 aliphatic carbocycles. The van der Waals surface area contributed by atoms with Crippen molar-refractivity contribution in [2.45, 2.75) is 58.4 Å². The van der Waals surface area contributed by atoms with E-state index in [1.165, 1.54) is 19.3 Å².